The molecule has 2 N–H and O–H groups in total. The van der Waals surface area contributed by atoms with Crippen molar-refractivity contribution in [3.63, 3.8) is 0 Å². The molecule has 1 aromatic rings. The van der Waals surface area contributed by atoms with E-state index in [2.05, 4.69) is 10.6 Å². The second-order valence-electron chi connectivity index (χ2n) is 4.70. The highest BCUT2D eigenvalue weighted by Gasteiger charge is 2.20. The van der Waals surface area contributed by atoms with Crippen molar-refractivity contribution in [3.8, 4) is 0 Å². The van der Waals surface area contributed by atoms with Gasteiger partial charge < -0.3 is 10.6 Å². The fourth-order valence-corrected chi connectivity index (χ4v) is 2.09. The van der Waals surface area contributed by atoms with Crippen molar-refractivity contribution < 1.29 is 13.6 Å². The molecule has 1 fully saturated rings. The molecule has 2 rings (SSSR count). The number of carbonyl (C=O) groups excluding carboxylic acids is 1. The normalized spacial score (nSPS) is 19.2. The van der Waals surface area contributed by atoms with Crippen molar-refractivity contribution in [1.29, 1.82) is 0 Å². The minimum Gasteiger partial charge on any atom is -0.322 e. The summed E-state index contributed by atoms with van der Waals surface area (Å²) in [4.78, 5) is 13.8. The number of hydrogen-bond acceptors (Lipinski definition) is 3. The van der Waals surface area contributed by atoms with Crippen LogP contribution in [0.15, 0.2) is 18.2 Å². The van der Waals surface area contributed by atoms with E-state index >= 15 is 0 Å². The Morgan fingerprint density at radius 1 is 1.50 bits per heavy atom. The number of piperazine rings is 1. The number of carbonyl (C=O) groups is 1. The lowest BCUT2D eigenvalue weighted by Gasteiger charge is -2.33. The molecule has 1 amide bonds. The first-order chi connectivity index (χ1) is 9.06. The molecule has 1 atom stereocenters. The molecule has 0 bridgehead atoms. The molecule has 1 saturated heterocycles. The number of hydrogen-bond donors (Lipinski definition) is 2. The average Bonchev–Trinajstić information content (AvgIpc) is 2.37. The molecule has 0 spiro atoms. The van der Waals surface area contributed by atoms with Gasteiger partial charge in [-0.05, 0) is 19.1 Å². The summed E-state index contributed by atoms with van der Waals surface area (Å²) in [7, 11) is 0. The first kappa shape index (κ1) is 16.8. The minimum absolute atomic E-state index is 0. The van der Waals surface area contributed by atoms with Crippen molar-refractivity contribution in [2.45, 2.75) is 13.0 Å². The Morgan fingerprint density at radius 3 is 2.95 bits per heavy atom. The van der Waals surface area contributed by atoms with Crippen molar-refractivity contribution in [2.75, 3.05) is 31.5 Å². The standard InChI is InChI=1S/C13H17F2N3O.ClH/c1-9-7-16-4-5-18(9)8-13(19)17-12-6-10(14)2-3-11(12)15;/h2-3,6,9,16H,4-5,7-8H2,1H3,(H,17,19);1H. The van der Waals surface area contributed by atoms with E-state index in [-0.39, 0.29) is 36.6 Å². The maximum atomic E-state index is 13.4. The Kier molecular flexibility index (Phi) is 6.32. The van der Waals surface area contributed by atoms with E-state index in [1.165, 1.54) is 0 Å². The van der Waals surface area contributed by atoms with E-state index in [0.717, 1.165) is 37.8 Å². The number of halogens is 3. The number of amides is 1. The molecule has 1 aliphatic heterocycles. The van der Waals surface area contributed by atoms with Crippen LogP contribution in [0.4, 0.5) is 14.5 Å². The molecule has 0 aromatic heterocycles. The monoisotopic (exact) mass is 305 g/mol. The smallest absolute Gasteiger partial charge is 0.238 e. The van der Waals surface area contributed by atoms with Gasteiger partial charge in [-0.3, -0.25) is 9.69 Å². The van der Waals surface area contributed by atoms with E-state index in [1.54, 1.807) is 0 Å². The molecule has 1 heterocycles. The number of nitrogens with zero attached hydrogens (tertiary/aromatic N) is 1. The van der Waals surface area contributed by atoms with Gasteiger partial charge in [-0.15, -0.1) is 12.4 Å². The summed E-state index contributed by atoms with van der Waals surface area (Å²) in [5.74, 6) is -1.55. The Balaban J connectivity index is 0.00000200. The number of anilines is 1. The maximum Gasteiger partial charge on any atom is 0.238 e. The van der Waals surface area contributed by atoms with Crippen LogP contribution in [0.25, 0.3) is 0 Å². The number of rotatable bonds is 3. The molecule has 4 nitrogen and oxygen atoms in total. The van der Waals surface area contributed by atoms with Gasteiger partial charge in [0.05, 0.1) is 12.2 Å². The van der Waals surface area contributed by atoms with E-state index < -0.39 is 11.6 Å². The predicted molar refractivity (Wildman–Crippen MR) is 76.1 cm³/mol. The molecule has 1 aromatic carbocycles. The number of nitrogens with one attached hydrogen (secondary N) is 2. The van der Waals surface area contributed by atoms with E-state index in [0.29, 0.717) is 0 Å². The largest absolute Gasteiger partial charge is 0.322 e. The summed E-state index contributed by atoms with van der Waals surface area (Å²) < 4.78 is 26.4. The van der Waals surface area contributed by atoms with Gasteiger partial charge in [-0.2, -0.15) is 0 Å². The number of benzene rings is 1. The van der Waals surface area contributed by atoms with E-state index in [4.69, 9.17) is 0 Å². The predicted octanol–water partition coefficient (Wildman–Crippen LogP) is 1.62. The summed E-state index contributed by atoms with van der Waals surface area (Å²) in [6.45, 7) is 4.61. The van der Waals surface area contributed by atoms with Gasteiger partial charge in [0, 0.05) is 31.7 Å². The van der Waals surface area contributed by atoms with Crippen LogP contribution in [0.1, 0.15) is 6.92 Å². The van der Waals surface area contributed by atoms with Gasteiger partial charge in [0.2, 0.25) is 5.91 Å². The van der Waals surface area contributed by atoms with Crippen LogP contribution in [-0.2, 0) is 4.79 Å². The van der Waals surface area contributed by atoms with Crippen LogP contribution in [0.2, 0.25) is 0 Å². The van der Waals surface area contributed by atoms with Crippen molar-refractivity contribution in [1.82, 2.24) is 10.2 Å². The molecule has 112 valence electrons. The lowest BCUT2D eigenvalue weighted by atomic mass is 10.2. The lowest BCUT2D eigenvalue weighted by molar-refractivity contribution is -0.118. The van der Waals surface area contributed by atoms with Gasteiger partial charge in [0.25, 0.3) is 0 Å². The Labute approximate surface area is 122 Å². The minimum atomic E-state index is -0.636. The topological polar surface area (TPSA) is 44.4 Å². The molecule has 7 heteroatoms. The zero-order valence-corrected chi connectivity index (χ0v) is 12.0. The van der Waals surface area contributed by atoms with Crippen molar-refractivity contribution in [2.24, 2.45) is 0 Å². The molecule has 20 heavy (non-hydrogen) atoms. The van der Waals surface area contributed by atoms with Crippen LogP contribution in [0, 0.1) is 11.6 Å². The third kappa shape index (κ3) is 4.40. The van der Waals surface area contributed by atoms with Crippen LogP contribution in [0.5, 0.6) is 0 Å². The fraction of sp³-hybridized carbons (Fsp3) is 0.462. The summed E-state index contributed by atoms with van der Waals surface area (Å²) in [5, 5.41) is 5.62. The fourth-order valence-electron chi connectivity index (χ4n) is 2.09. The van der Waals surface area contributed by atoms with Crippen molar-refractivity contribution in [3.05, 3.63) is 29.8 Å². The molecule has 0 aliphatic carbocycles. The Hall–Kier alpha value is -1.24. The first-order valence-corrected chi connectivity index (χ1v) is 6.26. The highest BCUT2D eigenvalue weighted by Crippen LogP contribution is 2.15. The third-order valence-electron chi connectivity index (χ3n) is 3.19. The highest BCUT2D eigenvalue weighted by molar-refractivity contribution is 5.92. The quantitative estimate of drug-likeness (QED) is 0.892. The summed E-state index contributed by atoms with van der Waals surface area (Å²) in [6, 6.07) is 3.24. The van der Waals surface area contributed by atoms with Gasteiger partial charge >= 0.3 is 0 Å². The molecular formula is C13H18ClF2N3O. The van der Waals surface area contributed by atoms with Crippen LogP contribution < -0.4 is 10.6 Å². The SMILES string of the molecule is CC1CNCCN1CC(=O)Nc1cc(F)ccc1F.Cl. The average molecular weight is 306 g/mol. The second kappa shape index (κ2) is 7.52. The lowest BCUT2D eigenvalue weighted by Crippen LogP contribution is -2.52. The molecule has 1 aliphatic rings. The summed E-state index contributed by atoms with van der Waals surface area (Å²) in [6.07, 6.45) is 0. The molecule has 1 unspecified atom stereocenters. The van der Waals surface area contributed by atoms with Crippen LogP contribution in [0.3, 0.4) is 0 Å². The summed E-state index contributed by atoms with van der Waals surface area (Å²) in [5.41, 5.74) is -0.118. The van der Waals surface area contributed by atoms with Crippen LogP contribution >= 0.6 is 12.4 Å². The zero-order chi connectivity index (χ0) is 13.8. The molecule has 0 radical (unpaired) electrons. The summed E-state index contributed by atoms with van der Waals surface area (Å²) >= 11 is 0. The zero-order valence-electron chi connectivity index (χ0n) is 11.2. The van der Waals surface area contributed by atoms with Gasteiger partial charge in [-0.1, -0.05) is 0 Å². The highest BCUT2D eigenvalue weighted by atomic mass is 35.5. The first-order valence-electron chi connectivity index (χ1n) is 6.26. The molecule has 0 saturated carbocycles. The van der Waals surface area contributed by atoms with Gasteiger partial charge in [0.15, 0.2) is 0 Å². The third-order valence-corrected chi connectivity index (χ3v) is 3.19. The van der Waals surface area contributed by atoms with Crippen LogP contribution in [-0.4, -0.2) is 43.0 Å². The van der Waals surface area contributed by atoms with E-state index in [9.17, 15) is 13.6 Å². The maximum absolute atomic E-state index is 13.4. The Morgan fingerprint density at radius 2 is 2.25 bits per heavy atom. The molecular weight excluding hydrogens is 288 g/mol. The second-order valence-corrected chi connectivity index (χ2v) is 4.70. The van der Waals surface area contributed by atoms with Gasteiger partial charge in [0.1, 0.15) is 11.6 Å². The van der Waals surface area contributed by atoms with Crippen molar-refractivity contribution >= 4 is 24.0 Å². The Bertz CT molecular complexity index is 473. The van der Waals surface area contributed by atoms with E-state index in [1.807, 2.05) is 11.8 Å². The van der Waals surface area contributed by atoms with Gasteiger partial charge in [-0.25, -0.2) is 8.78 Å².